The predicted molar refractivity (Wildman–Crippen MR) is 110 cm³/mol. The van der Waals surface area contributed by atoms with Crippen molar-refractivity contribution in [3.8, 4) is 0 Å². The summed E-state index contributed by atoms with van der Waals surface area (Å²) >= 11 is 0. The fourth-order valence-corrected chi connectivity index (χ4v) is 4.31. The minimum Gasteiger partial charge on any atom is -0.342 e. The highest BCUT2D eigenvalue weighted by atomic mass is 35.5. The van der Waals surface area contributed by atoms with Crippen molar-refractivity contribution in [3.63, 3.8) is 0 Å². The van der Waals surface area contributed by atoms with Gasteiger partial charge in [0.15, 0.2) is 0 Å². The van der Waals surface area contributed by atoms with Crippen LogP contribution in [0.5, 0.6) is 0 Å². The lowest BCUT2D eigenvalue weighted by Gasteiger charge is -2.37. The Balaban J connectivity index is 0.00000261. The lowest BCUT2D eigenvalue weighted by Crippen LogP contribution is -2.50. The first-order chi connectivity index (χ1) is 12.5. The number of halogens is 1. The van der Waals surface area contributed by atoms with Gasteiger partial charge in [-0.3, -0.25) is 9.59 Å². The van der Waals surface area contributed by atoms with Crippen LogP contribution in [0, 0.1) is 19.8 Å². The zero-order chi connectivity index (χ0) is 18.7. The van der Waals surface area contributed by atoms with E-state index in [0.717, 1.165) is 62.0 Å². The molecular weight excluding hydrogens is 362 g/mol. The standard InChI is InChI=1S/C21H31N3O2.ClH/c1-15-11-16(2)13-18(12-15)21(26)24-10-4-5-17(14-24)20(25)23(3)19-6-8-22-9-7-19;/h11-13,17,19,22H,4-10,14H2,1-3H3;1H. The lowest BCUT2D eigenvalue weighted by molar-refractivity contribution is -0.138. The van der Waals surface area contributed by atoms with E-state index in [2.05, 4.69) is 11.4 Å². The predicted octanol–water partition coefficient (Wildman–Crippen LogP) is 2.79. The van der Waals surface area contributed by atoms with E-state index in [0.29, 0.717) is 12.6 Å². The Morgan fingerprint density at radius 3 is 2.33 bits per heavy atom. The molecule has 2 aliphatic rings. The zero-order valence-corrected chi connectivity index (χ0v) is 17.5. The average molecular weight is 394 g/mol. The Morgan fingerprint density at radius 1 is 1.07 bits per heavy atom. The van der Waals surface area contributed by atoms with E-state index in [1.165, 1.54) is 0 Å². The number of nitrogens with one attached hydrogen (secondary N) is 1. The molecule has 27 heavy (non-hydrogen) atoms. The largest absolute Gasteiger partial charge is 0.342 e. The summed E-state index contributed by atoms with van der Waals surface area (Å²) in [6.45, 7) is 7.27. The molecule has 6 heteroatoms. The third-order valence-electron chi connectivity index (χ3n) is 5.73. The van der Waals surface area contributed by atoms with Crippen molar-refractivity contribution in [3.05, 3.63) is 34.9 Å². The van der Waals surface area contributed by atoms with E-state index in [1.54, 1.807) is 0 Å². The molecule has 1 N–H and O–H groups in total. The summed E-state index contributed by atoms with van der Waals surface area (Å²) in [5, 5.41) is 3.35. The molecule has 0 bridgehead atoms. The summed E-state index contributed by atoms with van der Waals surface area (Å²) < 4.78 is 0. The highest BCUT2D eigenvalue weighted by molar-refractivity contribution is 5.95. The van der Waals surface area contributed by atoms with Crippen LogP contribution >= 0.6 is 12.4 Å². The van der Waals surface area contributed by atoms with E-state index in [4.69, 9.17) is 0 Å². The fraction of sp³-hybridized carbons (Fsp3) is 0.619. The van der Waals surface area contributed by atoms with E-state index in [1.807, 2.05) is 42.8 Å². The van der Waals surface area contributed by atoms with Crippen LogP contribution in [0.3, 0.4) is 0 Å². The molecule has 2 saturated heterocycles. The van der Waals surface area contributed by atoms with Crippen molar-refractivity contribution in [2.75, 3.05) is 33.2 Å². The van der Waals surface area contributed by atoms with Crippen LogP contribution < -0.4 is 5.32 Å². The molecule has 0 spiro atoms. The number of rotatable bonds is 3. The molecule has 1 aromatic rings. The Kier molecular flexibility index (Phi) is 7.68. The summed E-state index contributed by atoms with van der Waals surface area (Å²) in [7, 11) is 1.93. The smallest absolute Gasteiger partial charge is 0.253 e. The molecule has 3 rings (SSSR count). The molecule has 1 aromatic carbocycles. The van der Waals surface area contributed by atoms with Gasteiger partial charge in [0, 0.05) is 31.7 Å². The number of amides is 2. The number of piperidine rings is 2. The SMILES string of the molecule is Cc1cc(C)cc(C(=O)N2CCCC(C(=O)N(C)C3CCNCC3)C2)c1.Cl. The van der Waals surface area contributed by atoms with Crippen LogP contribution in [0.15, 0.2) is 18.2 Å². The molecule has 0 saturated carbocycles. The number of aryl methyl sites for hydroxylation is 2. The average Bonchev–Trinajstić information content (AvgIpc) is 2.66. The summed E-state index contributed by atoms with van der Waals surface area (Å²) in [6, 6.07) is 6.30. The maximum Gasteiger partial charge on any atom is 0.253 e. The Bertz CT molecular complexity index is 653. The highest BCUT2D eigenvalue weighted by Crippen LogP contribution is 2.23. The van der Waals surface area contributed by atoms with Crippen LogP contribution in [0.1, 0.15) is 47.2 Å². The Labute approximate surface area is 168 Å². The van der Waals surface area contributed by atoms with Gasteiger partial charge >= 0.3 is 0 Å². The number of benzene rings is 1. The van der Waals surface area contributed by atoms with Gasteiger partial charge in [-0.2, -0.15) is 0 Å². The fourth-order valence-electron chi connectivity index (χ4n) is 4.31. The van der Waals surface area contributed by atoms with Crippen molar-refractivity contribution < 1.29 is 9.59 Å². The molecule has 2 amide bonds. The molecule has 1 unspecified atom stereocenters. The van der Waals surface area contributed by atoms with Gasteiger partial charge in [-0.15, -0.1) is 12.4 Å². The van der Waals surface area contributed by atoms with Gasteiger partial charge in [0.05, 0.1) is 5.92 Å². The van der Waals surface area contributed by atoms with Crippen molar-refractivity contribution in [2.24, 2.45) is 5.92 Å². The van der Waals surface area contributed by atoms with E-state index in [-0.39, 0.29) is 30.1 Å². The summed E-state index contributed by atoms with van der Waals surface area (Å²) in [6.07, 6.45) is 3.80. The molecular formula is C21H32ClN3O2. The molecule has 2 heterocycles. The topological polar surface area (TPSA) is 52.7 Å². The van der Waals surface area contributed by atoms with E-state index < -0.39 is 0 Å². The first kappa shape index (κ1) is 21.7. The van der Waals surface area contributed by atoms with Gasteiger partial charge in [0.2, 0.25) is 5.91 Å². The molecule has 2 aliphatic heterocycles. The summed E-state index contributed by atoms with van der Waals surface area (Å²) in [5.74, 6) is 0.187. The molecule has 1 atom stereocenters. The van der Waals surface area contributed by atoms with Crippen LogP contribution in [-0.4, -0.2) is 60.9 Å². The third-order valence-corrected chi connectivity index (χ3v) is 5.73. The van der Waals surface area contributed by atoms with Gasteiger partial charge < -0.3 is 15.1 Å². The van der Waals surface area contributed by atoms with Gasteiger partial charge in [0.25, 0.3) is 5.91 Å². The highest BCUT2D eigenvalue weighted by Gasteiger charge is 2.33. The molecule has 5 nitrogen and oxygen atoms in total. The number of carbonyl (C=O) groups is 2. The molecule has 0 aliphatic carbocycles. The first-order valence-corrected chi connectivity index (χ1v) is 9.80. The maximum atomic E-state index is 13.0. The van der Waals surface area contributed by atoms with Crippen molar-refractivity contribution in [1.29, 1.82) is 0 Å². The van der Waals surface area contributed by atoms with Crippen molar-refractivity contribution >= 4 is 24.2 Å². The van der Waals surface area contributed by atoms with Gasteiger partial charge in [-0.05, 0) is 64.8 Å². The molecule has 2 fully saturated rings. The number of likely N-dealkylation sites (tertiary alicyclic amines) is 1. The van der Waals surface area contributed by atoms with Gasteiger partial charge in [-0.25, -0.2) is 0 Å². The maximum absolute atomic E-state index is 13.0. The van der Waals surface area contributed by atoms with Crippen LogP contribution in [0.25, 0.3) is 0 Å². The zero-order valence-electron chi connectivity index (χ0n) is 16.7. The van der Waals surface area contributed by atoms with Gasteiger partial charge in [0.1, 0.15) is 0 Å². The summed E-state index contributed by atoms with van der Waals surface area (Å²) in [5.41, 5.74) is 2.94. The Hall–Kier alpha value is -1.59. The van der Waals surface area contributed by atoms with Gasteiger partial charge in [-0.1, -0.05) is 17.2 Å². The van der Waals surface area contributed by atoms with Crippen molar-refractivity contribution in [2.45, 2.75) is 45.6 Å². The number of carbonyl (C=O) groups excluding carboxylic acids is 2. The van der Waals surface area contributed by atoms with E-state index in [9.17, 15) is 9.59 Å². The van der Waals surface area contributed by atoms with Crippen molar-refractivity contribution in [1.82, 2.24) is 15.1 Å². The first-order valence-electron chi connectivity index (χ1n) is 9.80. The van der Waals surface area contributed by atoms with Crippen LogP contribution in [0.4, 0.5) is 0 Å². The third kappa shape index (κ3) is 5.23. The number of hydrogen-bond acceptors (Lipinski definition) is 3. The van der Waals surface area contributed by atoms with Crippen LogP contribution in [0.2, 0.25) is 0 Å². The second kappa shape index (κ2) is 9.56. The minimum atomic E-state index is -0.0708. The Morgan fingerprint density at radius 2 is 1.70 bits per heavy atom. The second-order valence-corrected chi connectivity index (χ2v) is 7.90. The second-order valence-electron chi connectivity index (χ2n) is 7.90. The molecule has 0 radical (unpaired) electrons. The number of hydrogen-bond donors (Lipinski definition) is 1. The quantitative estimate of drug-likeness (QED) is 0.859. The normalized spacial score (nSPS) is 20.7. The summed E-state index contributed by atoms with van der Waals surface area (Å²) in [4.78, 5) is 29.7. The lowest BCUT2D eigenvalue weighted by atomic mass is 9.94. The molecule has 150 valence electrons. The number of nitrogens with zero attached hydrogens (tertiary/aromatic N) is 2. The van der Waals surface area contributed by atoms with E-state index >= 15 is 0 Å². The van der Waals surface area contributed by atoms with Crippen LogP contribution in [-0.2, 0) is 4.79 Å². The monoisotopic (exact) mass is 393 g/mol. The minimum absolute atomic E-state index is 0. The molecule has 0 aromatic heterocycles.